The van der Waals surface area contributed by atoms with Crippen LogP contribution in [0.2, 0.25) is 0 Å². The largest absolute Gasteiger partial charge is 0.534 e. The van der Waals surface area contributed by atoms with Crippen LogP contribution >= 0.6 is 0 Å². The maximum Gasteiger partial charge on any atom is 0.534 e. The van der Waals surface area contributed by atoms with Crippen LogP contribution in [0.15, 0.2) is 18.2 Å². The van der Waals surface area contributed by atoms with E-state index >= 15 is 0 Å². The van der Waals surface area contributed by atoms with E-state index in [2.05, 4.69) is 9.50 Å². The number of benzene rings is 1. The minimum atomic E-state index is -5.73. The molecule has 128 valence electrons. The fraction of sp³-hybridized carbons (Fsp3) is 0.462. The van der Waals surface area contributed by atoms with Crippen LogP contribution < -0.4 is 14.2 Å². The van der Waals surface area contributed by atoms with E-state index in [1.807, 2.05) is 0 Å². The number of hydrogen-bond acceptors (Lipinski definition) is 5. The number of ether oxygens (including phenoxy) is 1. The number of fused-ring (bicyclic) bond motifs is 1. The molecule has 10 heteroatoms. The van der Waals surface area contributed by atoms with Crippen molar-refractivity contribution in [3.8, 4) is 11.5 Å². The molecule has 1 aliphatic heterocycles. The number of carbonyl (C=O) groups excluding carboxylic acids is 1. The quantitative estimate of drug-likeness (QED) is 0.659. The fourth-order valence-electron chi connectivity index (χ4n) is 2.15. The van der Waals surface area contributed by atoms with Crippen LogP contribution in [0, 0.1) is 0 Å². The summed E-state index contributed by atoms with van der Waals surface area (Å²) < 4.78 is 68.4. The van der Waals surface area contributed by atoms with Crippen LogP contribution in [-0.4, -0.2) is 32.0 Å². The molecule has 1 heterocycles. The molecule has 1 N–H and O–H groups in total. The highest BCUT2D eigenvalue weighted by Crippen LogP contribution is 2.35. The highest BCUT2D eigenvalue weighted by molar-refractivity contribution is 7.88. The summed E-state index contributed by atoms with van der Waals surface area (Å²) in [6.45, 7) is 3.08. The molecular formula is C13H14F3NO5S. The van der Waals surface area contributed by atoms with Crippen molar-refractivity contribution in [1.29, 1.82) is 0 Å². The van der Waals surface area contributed by atoms with Crippen LogP contribution in [0.4, 0.5) is 13.2 Å². The maximum absolute atomic E-state index is 12.3. The van der Waals surface area contributed by atoms with Gasteiger partial charge in [-0.15, -0.1) is 0 Å². The van der Waals surface area contributed by atoms with E-state index in [-0.39, 0.29) is 17.7 Å². The van der Waals surface area contributed by atoms with Crippen LogP contribution in [-0.2, 0) is 21.3 Å². The molecule has 1 unspecified atom stereocenters. The monoisotopic (exact) mass is 353 g/mol. The molecule has 0 radical (unpaired) electrons. The lowest BCUT2D eigenvalue weighted by atomic mass is 10.1. The SMILES string of the molecule is CC(=O)N[C@@H](C)C1Cc2ccc(OS(=O)(=O)C(F)(F)F)cc2O1. The molecule has 1 amide bonds. The molecule has 0 aliphatic carbocycles. The van der Waals surface area contributed by atoms with E-state index in [9.17, 15) is 26.4 Å². The first-order valence-electron chi connectivity index (χ1n) is 6.57. The van der Waals surface area contributed by atoms with Gasteiger partial charge in [0.15, 0.2) is 0 Å². The summed E-state index contributed by atoms with van der Waals surface area (Å²) >= 11 is 0. The maximum atomic E-state index is 12.3. The van der Waals surface area contributed by atoms with Gasteiger partial charge in [0, 0.05) is 19.4 Å². The number of rotatable bonds is 4. The third-order valence-electron chi connectivity index (χ3n) is 3.22. The Morgan fingerprint density at radius 3 is 2.65 bits per heavy atom. The summed E-state index contributed by atoms with van der Waals surface area (Å²) in [5, 5.41) is 2.65. The van der Waals surface area contributed by atoms with Gasteiger partial charge in [0.2, 0.25) is 5.91 Å². The molecule has 1 aromatic carbocycles. The molecule has 6 nitrogen and oxygen atoms in total. The van der Waals surface area contributed by atoms with Crippen molar-refractivity contribution in [2.75, 3.05) is 0 Å². The first kappa shape index (κ1) is 17.4. The van der Waals surface area contributed by atoms with Crippen molar-refractivity contribution in [3.63, 3.8) is 0 Å². The van der Waals surface area contributed by atoms with E-state index < -0.39 is 27.5 Å². The molecular weight excluding hydrogens is 339 g/mol. The Kier molecular flexibility index (Phi) is 4.47. The van der Waals surface area contributed by atoms with Gasteiger partial charge in [0.1, 0.15) is 17.6 Å². The van der Waals surface area contributed by atoms with Crippen LogP contribution in [0.5, 0.6) is 11.5 Å². The summed E-state index contributed by atoms with van der Waals surface area (Å²) in [6.07, 6.45) is 0.0340. The number of alkyl halides is 3. The van der Waals surface area contributed by atoms with Crippen molar-refractivity contribution in [2.24, 2.45) is 0 Å². The third kappa shape index (κ3) is 3.87. The Morgan fingerprint density at radius 1 is 1.43 bits per heavy atom. The van der Waals surface area contributed by atoms with Crippen molar-refractivity contribution < 1.29 is 35.3 Å². The van der Waals surface area contributed by atoms with Crippen molar-refractivity contribution in [3.05, 3.63) is 23.8 Å². The predicted octanol–water partition coefficient (Wildman–Crippen LogP) is 1.74. The van der Waals surface area contributed by atoms with E-state index in [0.29, 0.717) is 12.0 Å². The minimum Gasteiger partial charge on any atom is -0.488 e. The first-order valence-corrected chi connectivity index (χ1v) is 7.98. The van der Waals surface area contributed by atoms with Crippen LogP contribution in [0.1, 0.15) is 19.4 Å². The van der Waals surface area contributed by atoms with E-state index in [4.69, 9.17) is 4.74 Å². The molecule has 1 aromatic rings. The van der Waals surface area contributed by atoms with Gasteiger partial charge in [-0.05, 0) is 18.6 Å². The fourth-order valence-corrected chi connectivity index (χ4v) is 2.60. The molecule has 2 rings (SSSR count). The average Bonchev–Trinajstić information content (AvgIpc) is 2.79. The number of halogens is 3. The summed E-state index contributed by atoms with van der Waals surface area (Å²) in [7, 11) is -5.73. The summed E-state index contributed by atoms with van der Waals surface area (Å²) in [5.74, 6) is -0.506. The highest BCUT2D eigenvalue weighted by Gasteiger charge is 2.48. The summed E-state index contributed by atoms with van der Waals surface area (Å²) in [6, 6.07) is 3.32. The van der Waals surface area contributed by atoms with E-state index in [0.717, 1.165) is 12.1 Å². The lowest BCUT2D eigenvalue weighted by molar-refractivity contribution is -0.120. The molecule has 0 fully saturated rings. The Hall–Kier alpha value is -1.97. The summed E-state index contributed by atoms with van der Waals surface area (Å²) in [5.41, 5.74) is -4.82. The molecule has 1 aliphatic rings. The second kappa shape index (κ2) is 5.91. The highest BCUT2D eigenvalue weighted by atomic mass is 32.2. The van der Waals surface area contributed by atoms with Crippen LogP contribution in [0.3, 0.4) is 0 Å². The zero-order valence-corrected chi connectivity index (χ0v) is 13.0. The molecule has 0 bridgehead atoms. The predicted molar refractivity (Wildman–Crippen MR) is 73.4 cm³/mol. The van der Waals surface area contributed by atoms with Crippen molar-refractivity contribution >= 4 is 16.0 Å². The average molecular weight is 353 g/mol. The normalized spacial score (nSPS) is 18.7. The van der Waals surface area contributed by atoms with Gasteiger partial charge in [-0.3, -0.25) is 4.79 Å². The lowest BCUT2D eigenvalue weighted by Crippen LogP contribution is -2.42. The molecule has 0 aromatic heterocycles. The third-order valence-corrected chi connectivity index (χ3v) is 4.19. The molecule has 0 saturated heterocycles. The number of nitrogens with one attached hydrogen (secondary N) is 1. The van der Waals surface area contributed by atoms with Gasteiger partial charge in [0.05, 0.1) is 6.04 Å². The number of carbonyl (C=O) groups is 1. The lowest BCUT2D eigenvalue weighted by Gasteiger charge is -2.19. The summed E-state index contributed by atoms with van der Waals surface area (Å²) in [4.78, 5) is 11.0. The molecule has 0 spiro atoms. The second-order valence-electron chi connectivity index (χ2n) is 5.10. The van der Waals surface area contributed by atoms with Crippen molar-refractivity contribution in [1.82, 2.24) is 5.32 Å². The Balaban J connectivity index is 2.14. The van der Waals surface area contributed by atoms with E-state index in [1.165, 1.54) is 13.0 Å². The van der Waals surface area contributed by atoms with E-state index in [1.54, 1.807) is 6.92 Å². The zero-order valence-electron chi connectivity index (χ0n) is 12.2. The van der Waals surface area contributed by atoms with Gasteiger partial charge in [-0.25, -0.2) is 0 Å². The number of hydrogen-bond donors (Lipinski definition) is 1. The standard InChI is InChI=1S/C13H14F3NO5S/c1-7(17-8(2)18)11-5-9-3-4-10(6-12(9)21-11)22-23(19,20)13(14,15)16/h3-4,6-7,11H,5H2,1-2H3,(H,17,18)/t7-,11?/m0/s1. The first-order chi connectivity index (χ1) is 10.5. The van der Waals surface area contributed by atoms with Gasteiger partial charge in [-0.1, -0.05) is 6.07 Å². The Labute approximate surface area is 130 Å². The topological polar surface area (TPSA) is 81.7 Å². The van der Waals surface area contributed by atoms with Gasteiger partial charge >= 0.3 is 15.6 Å². The smallest absolute Gasteiger partial charge is 0.488 e. The zero-order chi connectivity index (χ0) is 17.4. The number of amides is 1. The Bertz CT molecular complexity index is 717. The Morgan fingerprint density at radius 2 is 2.09 bits per heavy atom. The molecule has 2 atom stereocenters. The van der Waals surface area contributed by atoms with Crippen molar-refractivity contribution in [2.45, 2.75) is 37.9 Å². The molecule has 23 heavy (non-hydrogen) atoms. The minimum absolute atomic E-state index is 0.224. The van der Waals surface area contributed by atoms with Gasteiger partial charge < -0.3 is 14.2 Å². The van der Waals surface area contributed by atoms with Crippen LogP contribution in [0.25, 0.3) is 0 Å². The van der Waals surface area contributed by atoms with Gasteiger partial charge in [-0.2, -0.15) is 21.6 Å². The van der Waals surface area contributed by atoms with Gasteiger partial charge in [0.25, 0.3) is 0 Å². The second-order valence-corrected chi connectivity index (χ2v) is 6.64. The molecule has 0 saturated carbocycles.